The average molecular weight is 183 g/mol. The minimum absolute atomic E-state index is 0.178. The highest BCUT2D eigenvalue weighted by Crippen LogP contribution is 2.34. The van der Waals surface area contributed by atoms with Gasteiger partial charge in [-0.15, -0.1) is 0 Å². The third-order valence-electron chi connectivity index (χ3n) is 2.73. The minimum atomic E-state index is 0.178. The van der Waals surface area contributed by atoms with Crippen LogP contribution in [0.25, 0.3) is 0 Å². The van der Waals surface area contributed by atoms with Gasteiger partial charge in [-0.05, 0) is 31.6 Å². The summed E-state index contributed by atoms with van der Waals surface area (Å²) in [6.07, 6.45) is 5.01. The van der Waals surface area contributed by atoms with Crippen molar-refractivity contribution >= 4 is 5.91 Å². The number of rotatable bonds is 5. The summed E-state index contributed by atoms with van der Waals surface area (Å²) in [6, 6.07) is 0.545. The monoisotopic (exact) mass is 183 g/mol. The van der Waals surface area contributed by atoms with Crippen molar-refractivity contribution in [3.63, 3.8) is 0 Å². The van der Waals surface area contributed by atoms with Crippen LogP contribution in [0.15, 0.2) is 0 Å². The number of carbonyl (C=O) groups is 1. The van der Waals surface area contributed by atoms with Gasteiger partial charge < -0.3 is 9.64 Å². The van der Waals surface area contributed by atoms with Crippen molar-refractivity contribution in [3.05, 3.63) is 0 Å². The van der Waals surface area contributed by atoms with Crippen molar-refractivity contribution in [3.8, 4) is 0 Å². The van der Waals surface area contributed by atoms with E-state index in [0.29, 0.717) is 6.04 Å². The number of amides is 1. The predicted octanol–water partition coefficient (Wildman–Crippen LogP) is 1.03. The zero-order chi connectivity index (χ0) is 9.26. The number of nitrogens with zero attached hydrogens (tertiary/aromatic N) is 1. The maximum Gasteiger partial charge on any atom is 0.248 e. The van der Waals surface area contributed by atoms with Gasteiger partial charge in [0, 0.05) is 19.7 Å². The van der Waals surface area contributed by atoms with E-state index in [1.54, 1.807) is 7.11 Å². The SMILES string of the molecule is COCC(=O)N(CC1CC1)C1CC1. The van der Waals surface area contributed by atoms with E-state index in [0.717, 1.165) is 12.5 Å². The van der Waals surface area contributed by atoms with Crippen molar-refractivity contribution < 1.29 is 9.53 Å². The van der Waals surface area contributed by atoms with Crippen LogP contribution in [0, 0.1) is 5.92 Å². The number of methoxy groups -OCH3 is 1. The number of carbonyl (C=O) groups excluding carboxylic acids is 1. The van der Waals surface area contributed by atoms with E-state index in [-0.39, 0.29) is 12.5 Å². The maximum absolute atomic E-state index is 11.6. The third-order valence-corrected chi connectivity index (χ3v) is 2.73. The molecule has 0 N–H and O–H groups in total. The Morgan fingerprint density at radius 3 is 2.54 bits per heavy atom. The minimum Gasteiger partial charge on any atom is -0.375 e. The van der Waals surface area contributed by atoms with Crippen LogP contribution in [-0.4, -0.2) is 37.1 Å². The highest BCUT2D eigenvalue weighted by molar-refractivity contribution is 5.78. The van der Waals surface area contributed by atoms with Crippen LogP contribution in [0.3, 0.4) is 0 Å². The molecular formula is C10H17NO2. The lowest BCUT2D eigenvalue weighted by molar-refractivity contribution is -0.136. The summed E-state index contributed by atoms with van der Waals surface area (Å²) in [6.45, 7) is 1.23. The number of hydrogen-bond acceptors (Lipinski definition) is 2. The van der Waals surface area contributed by atoms with Crippen LogP contribution >= 0.6 is 0 Å². The second kappa shape index (κ2) is 3.66. The lowest BCUT2D eigenvalue weighted by Gasteiger charge is -2.21. The quantitative estimate of drug-likeness (QED) is 0.637. The fourth-order valence-corrected chi connectivity index (χ4v) is 1.63. The molecule has 0 spiro atoms. The van der Waals surface area contributed by atoms with Gasteiger partial charge in [0.1, 0.15) is 6.61 Å². The Balaban J connectivity index is 1.83. The first kappa shape index (κ1) is 9.00. The molecule has 0 aromatic carbocycles. The molecule has 3 nitrogen and oxygen atoms in total. The van der Waals surface area contributed by atoms with Gasteiger partial charge in [-0.25, -0.2) is 0 Å². The molecule has 0 aliphatic heterocycles. The fourth-order valence-electron chi connectivity index (χ4n) is 1.63. The first-order valence-electron chi connectivity index (χ1n) is 5.09. The highest BCUT2D eigenvalue weighted by Gasteiger charge is 2.36. The zero-order valence-electron chi connectivity index (χ0n) is 8.16. The third kappa shape index (κ3) is 2.44. The molecule has 0 unspecified atom stereocenters. The molecule has 2 aliphatic carbocycles. The van der Waals surface area contributed by atoms with E-state index in [2.05, 4.69) is 0 Å². The topological polar surface area (TPSA) is 29.5 Å². The molecular weight excluding hydrogens is 166 g/mol. The van der Waals surface area contributed by atoms with Gasteiger partial charge in [-0.2, -0.15) is 0 Å². The predicted molar refractivity (Wildman–Crippen MR) is 49.3 cm³/mol. The molecule has 2 rings (SSSR count). The van der Waals surface area contributed by atoms with Crippen LogP contribution in [-0.2, 0) is 9.53 Å². The van der Waals surface area contributed by atoms with E-state index >= 15 is 0 Å². The molecule has 13 heavy (non-hydrogen) atoms. The molecule has 0 aromatic heterocycles. The Bertz CT molecular complexity index is 197. The normalized spacial score (nSPS) is 21.6. The Morgan fingerprint density at radius 2 is 2.08 bits per heavy atom. The van der Waals surface area contributed by atoms with Gasteiger partial charge in [-0.3, -0.25) is 4.79 Å². The van der Waals surface area contributed by atoms with E-state index in [1.165, 1.54) is 25.7 Å². The van der Waals surface area contributed by atoms with Crippen molar-refractivity contribution in [2.24, 2.45) is 5.92 Å². The van der Waals surface area contributed by atoms with E-state index < -0.39 is 0 Å². The fraction of sp³-hybridized carbons (Fsp3) is 0.900. The van der Waals surface area contributed by atoms with Crippen LogP contribution in [0.2, 0.25) is 0 Å². The molecule has 0 atom stereocenters. The van der Waals surface area contributed by atoms with Gasteiger partial charge in [-0.1, -0.05) is 0 Å². The maximum atomic E-state index is 11.6. The number of ether oxygens (including phenoxy) is 1. The molecule has 2 aliphatic rings. The molecule has 0 bridgehead atoms. The van der Waals surface area contributed by atoms with Gasteiger partial charge in [0.05, 0.1) is 0 Å². The van der Waals surface area contributed by atoms with Crippen LogP contribution in [0.4, 0.5) is 0 Å². The molecule has 2 fully saturated rings. The largest absolute Gasteiger partial charge is 0.375 e. The molecule has 3 heteroatoms. The second-order valence-electron chi connectivity index (χ2n) is 4.15. The summed E-state index contributed by atoms with van der Waals surface area (Å²) in [7, 11) is 1.58. The van der Waals surface area contributed by atoms with Crippen molar-refractivity contribution in [1.29, 1.82) is 0 Å². The van der Waals surface area contributed by atoms with Gasteiger partial charge in [0.15, 0.2) is 0 Å². The molecule has 0 radical (unpaired) electrons. The van der Waals surface area contributed by atoms with Crippen molar-refractivity contribution in [2.75, 3.05) is 20.3 Å². The lowest BCUT2D eigenvalue weighted by atomic mass is 10.3. The summed E-state index contributed by atoms with van der Waals surface area (Å²) < 4.78 is 4.87. The van der Waals surface area contributed by atoms with Crippen molar-refractivity contribution in [2.45, 2.75) is 31.7 Å². The molecule has 0 saturated heterocycles. The smallest absolute Gasteiger partial charge is 0.248 e. The Hall–Kier alpha value is -0.570. The van der Waals surface area contributed by atoms with Crippen LogP contribution in [0.1, 0.15) is 25.7 Å². The van der Waals surface area contributed by atoms with Gasteiger partial charge in [0.2, 0.25) is 5.91 Å². The van der Waals surface area contributed by atoms with E-state index in [4.69, 9.17) is 4.74 Å². The Morgan fingerprint density at radius 1 is 1.38 bits per heavy atom. The second-order valence-corrected chi connectivity index (χ2v) is 4.15. The van der Waals surface area contributed by atoms with Crippen molar-refractivity contribution in [1.82, 2.24) is 4.90 Å². The van der Waals surface area contributed by atoms with Gasteiger partial charge >= 0.3 is 0 Å². The number of hydrogen-bond donors (Lipinski definition) is 0. The first-order valence-corrected chi connectivity index (χ1v) is 5.09. The molecule has 0 aromatic rings. The molecule has 2 saturated carbocycles. The lowest BCUT2D eigenvalue weighted by Crippen LogP contribution is -2.37. The molecule has 0 heterocycles. The summed E-state index contributed by atoms with van der Waals surface area (Å²) >= 11 is 0. The molecule has 1 amide bonds. The average Bonchev–Trinajstić information content (AvgIpc) is 2.95. The Kier molecular flexibility index (Phi) is 2.54. The van der Waals surface area contributed by atoms with E-state index in [1.807, 2.05) is 4.90 Å². The highest BCUT2D eigenvalue weighted by atomic mass is 16.5. The van der Waals surface area contributed by atoms with Crippen LogP contribution < -0.4 is 0 Å². The standard InChI is InChI=1S/C10H17NO2/c1-13-7-10(12)11(9-4-5-9)6-8-2-3-8/h8-9H,2-7H2,1H3. The summed E-state index contributed by atoms with van der Waals surface area (Å²) in [5.74, 6) is 0.971. The summed E-state index contributed by atoms with van der Waals surface area (Å²) in [5, 5.41) is 0. The first-order chi connectivity index (χ1) is 6.31. The Labute approximate surface area is 79.0 Å². The molecule has 74 valence electrons. The van der Waals surface area contributed by atoms with Gasteiger partial charge in [0.25, 0.3) is 0 Å². The van der Waals surface area contributed by atoms with Crippen LogP contribution in [0.5, 0.6) is 0 Å². The zero-order valence-corrected chi connectivity index (χ0v) is 8.16. The summed E-state index contributed by atoms with van der Waals surface area (Å²) in [4.78, 5) is 13.6. The summed E-state index contributed by atoms with van der Waals surface area (Å²) in [5.41, 5.74) is 0. The van der Waals surface area contributed by atoms with E-state index in [9.17, 15) is 4.79 Å².